The number of nitrogens with zero attached hydrogens (tertiary/aromatic N) is 3. The average Bonchev–Trinajstić information content (AvgIpc) is 3.14. The molecule has 5 heteroatoms. The predicted octanol–water partition coefficient (Wildman–Crippen LogP) is 2.91. The Hall–Kier alpha value is -1.03. The average molecular weight is 256 g/mol. The monoisotopic (exact) mass is 255 g/mol. The molecule has 0 aliphatic heterocycles. The van der Waals surface area contributed by atoms with Gasteiger partial charge in [-0.1, -0.05) is 24.9 Å². The summed E-state index contributed by atoms with van der Waals surface area (Å²) < 4.78 is 5.32. The Kier molecular flexibility index (Phi) is 4.05. The quantitative estimate of drug-likeness (QED) is 0.733. The van der Waals surface area contributed by atoms with Crippen LogP contribution in [0.15, 0.2) is 6.33 Å². The maximum absolute atomic E-state index is 6.03. The highest BCUT2D eigenvalue weighted by Gasteiger charge is 2.32. The number of unbranched alkanes of at least 4 members (excludes halogenated alkanes) is 1. The second-order valence-corrected chi connectivity index (χ2v) is 4.66. The second-order valence-electron chi connectivity index (χ2n) is 4.30. The summed E-state index contributed by atoms with van der Waals surface area (Å²) in [7, 11) is 1.61. The first-order valence-electron chi connectivity index (χ1n) is 6.09. The van der Waals surface area contributed by atoms with Crippen LogP contribution >= 0.6 is 11.6 Å². The van der Waals surface area contributed by atoms with Crippen LogP contribution in [0.4, 0.5) is 5.82 Å². The molecule has 1 fully saturated rings. The summed E-state index contributed by atoms with van der Waals surface area (Å²) in [6.07, 6.45) is 6.29. The Labute approximate surface area is 107 Å². The van der Waals surface area contributed by atoms with Gasteiger partial charge >= 0.3 is 0 Å². The molecule has 0 bridgehead atoms. The molecule has 4 nitrogen and oxygen atoms in total. The zero-order chi connectivity index (χ0) is 12.3. The van der Waals surface area contributed by atoms with Crippen LogP contribution in [0.1, 0.15) is 32.6 Å². The molecule has 2 rings (SSSR count). The maximum atomic E-state index is 6.03. The summed E-state index contributed by atoms with van der Waals surface area (Å²) in [6, 6.07) is 0.599. The number of aromatic nitrogens is 2. The van der Waals surface area contributed by atoms with Crippen molar-refractivity contribution in [3.63, 3.8) is 0 Å². The molecule has 1 heterocycles. The van der Waals surface area contributed by atoms with Crippen molar-refractivity contribution >= 4 is 17.4 Å². The Morgan fingerprint density at radius 2 is 2.24 bits per heavy atom. The summed E-state index contributed by atoms with van der Waals surface area (Å²) in [5, 5.41) is 0.389. The van der Waals surface area contributed by atoms with Gasteiger partial charge in [-0.25, -0.2) is 9.97 Å². The van der Waals surface area contributed by atoms with Crippen molar-refractivity contribution in [3.05, 3.63) is 11.5 Å². The van der Waals surface area contributed by atoms with E-state index < -0.39 is 0 Å². The summed E-state index contributed by atoms with van der Waals surface area (Å²) in [6.45, 7) is 3.19. The molecule has 0 N–H and O–H groups in total. The van der Waals surface area contributed by atoms with Crippen LogP contribution in [0.2, 0.25) is 5.15 Å². The van der Waals surface area contributed by atoms with Gasteiger partial charge in [-0.05, 0) is 19.3 Å². The van der Waals surface area contributed by atoms with Gasteiger partial charge in [-0.15, -0.1) is 0 Å². The summed E-state index contributed by atoms with van der Waals surface area (Å²) in [5.74, 6) is 1.43. The van der Waals surface area contributed by atoms with Crippen LogP contribution < -0.4 is 9.64 Å². The molecule has 94 valence electrons. The lowest BCUT2D eigenvalue weighted by Crippen LogP contribution is -2.28. The molecule has 17 heavy (non-hydrogen) atoms. The van der Waals surface area contributed by atoms with Gasteiger partial charge in [0.15, 0.2) is 16.7 Å². The Bertz CT molecular complexity index is 382. The molecule has 1 aromatic heterocycles. The predicted molar refractivity (Wildman–Crippen MR) is 68.9 cm³/mol. The topological polar surface area (TPSA) is 38.2 Å². The number of halogens is 1. The Morgan fingerprint density at radius 3 is 2.82 bits per heavy atom. The van der Waals surface area contributed by atoms with Gasteiger partial charge in [-0.3, -0.25) is 0 Å². The van der Waals surface area contributed by atoms with Crippen LogP contribution in [-0.4, -0.2) is 29.7 Å². The normalized spacial score (nSPS) is 14.8. The SMILES string of the molecule is CCCCN(c1ncnc(Cl)c1OC)C1CC1. The summed E-state index contributed by atoms with van der Waals surface area (Å²) >= 11 is 6.03. The largest absolute Gasteiger partial charge is 0.490 e. The number of anilines is 1. The van der Waals surface area contributed by atoms with E-state index in [-0.39, 0.29) is 0 Å². The third kappa shape index (κ3) is 2.80. The van der Waals surface area contributed by atoms with E-state index >= 15 is 0 Å². The van der Waals surface area contributed by atoms with Crippen molar-refractivity contribution in [2.24, 2.45) is 0 Å². The number of rotatable bonds is 6. The summed E-state index contributed by atoms with van der Waals surface area (Å²) in [5.41, 5.74) is 0. The molecule has 0 atom stereocenters. The zero-order valence-corrected chi connectivity index (χ0v) is 11.1. The Balaban J connectivity index is 2.25. The third-order valence-corrected chi connectivity index (χ3v) is 3.23. The molecule has 0 radical (unpaired) electrons. The van der Waals surface area contributed by atoms with E-state index in [1.54, 1.807) is 7.11 Å². The first-order valence-corrected chi connectivity index (χ1v) is 6.46. The fourth-order valence-electron chi connectivity index (χ4n) is 1.90. The van der Waals surface area contributed by atoms with Gasteiger partial charge in [0.05, 0.1) is 7.11 Å². The standard InChI is InChI=1S/C12H18ClN3O/c1-3-4-7-16(9-5-6-9)12-10(17-2)11(13)14-8-15-12/h8-9H,3-7H2,1-2H3. The fraction of sp³-hybridized carbons (Fsp3) is 0.667. The fourth-order valence-corrected chi connectivity index (χ4v) is 2.11. The summed E-state index contributed by atoms with van der Waals surface area (Å²) in [4.78, 5) is 10.6. The molecule has 1 saturated carbocycles. The van der Waals surface area contributed by atoms with Crippen LogP contribution in [-0.2, 0) is 0 Å². The minimum Gasteiger partial charge on any atom is -0.490 e. The molecule has 1 aliphatic rings. The van der Waals surface area contributed by atoms with E-state index in [9.17, 15) is 0 Å². The number of hydrogen-bond acceptors (Lipinski definition) is 4. The van der Waals surface area contributed by atoms with Gasteiger partial charge in [0.1, 0.15) is 6.33 Å². The van der Waals surface area contributed by atoms with E-state index in [1.165, 1.54) is 25.6 Å². The lowest BCUT2D eigenvalue weighted by molar-refractivity contribution is 0.410. The third-order valence-electron chi connectivity index (χ3n) is 2.96. The number of methoxy groups -OCH3 is 1. The van der Waals surface area contributed by atoms with E-state index in [2.05, 4.69) is 21.8 Å². The van der Waals surface area contributed by atoms with E-state index in [0.29, 0.717) is 16.9 Å². The minimum absolute atomic E-state index is 0.389. The smallest absolute Gasteiger partial charge is 0.199 e. The van der Waals surface area contributed by atoms with Crippen molar-refractivity contribution in [1.29, 1.82) is 0 Å². The zero-order valence-electron chi connectivity index (χ0n) is 10.3. The molecule has 0 saturated heterocycles. The molecule has 0 spiro atoms. The lowest BCUT2D eigenvalue weighted by Gasteiger charge is -2.24. The first-order chi connectivity index (χ1) is 8.27. The first kappa shape index (κ1) is 12.4. The van der Waals surface area contributed by atoms with Gasteiger partial charge in [-0.2, -0.15) is 0 Å². The maximum Gasteiger partial charge on any atom is 0.199 e. The highest BCUT2D eigenvalue weighted by atomic mass is 35.5. The number of hydrogen-bond donors (Lipinski definition) is 0. The molecule has 1 aliphatic carbocycles. The van der Waals surface area contributed by atoms with E-state index in [1.807, 2.05) is 0 Å². The molecule has 1 aromatic rings. The van der Waals surface area contributed by atoms with Crippen molar-refractivity contribution in [2.75, 3.05) is 18.6 Å². The van der Waals surface area contributed by atoms with Gasteiger partial charge in [0.25, 0.3) is 0 Å². The minimum atomic E-state index is 0.389. The van der Waals surface area contributed by atoms with Gasteiger partial charge in [0.2, 0.25) is 0 Å². The molecular weight excluding hydrogens is 238 g/mol. The van der Waals surface area contributed by atoms with Crippen molar-refractivity contribution in [3.8, 4) is 5.75 Å². The highest BCUT2D eigenvalue weighted by molar-refractivity contribution is 6.31. The van der Waals surface area contributed by atoms with Crippen LogP contribution in [0.5, 0.6) is 5.75 Å². The van der Waals surface area contributed by atoms with Crippen LogP contribution in [0, 0.1) is 0 Å². The lowest BCUT2D eigenvalue weighted by atomic mass is 10.3. The van der Waals surface area contributed by atoms with Crippen LogP contribution in [0.3, 0.4) is 0 Å². The van der Waals surface area contributed by atoms with Gasteiger partial charge < -0.3 is 9.64 Å². The van der Waals surface area contributed by atoms with E-state index in [0.717, 1.165) is 18.8 Å². The van der Waals surface area contributed by atoms with Crippen LogP contribution in [0.25, 0.3) is 0 Å². The van der Waals surface area contributed by atoms with Crippen molar-refractivity contribution in [2.45, 2.75) is 38.6 Å². The van der Waals surface area contributed by atoms with E-state index in [4.69, 9.17) is 16.3 Å². The second kappa shape index (κ2) is 5.54. The van der Waals surface area contributed by atoms with Crippen molar-refractivity contribution in [1.82, 2.24) is 9.97 Å². The molecule has 0 unspecified atom stereocenters. The molecule has 0 amide bonds. The number of ether oxygens (including phenoxy) is 1. The Morgan fingerprint density at radius 1 is 1.47 bits per heavy atom. The molecular formula is C12H18ClN3O. The highest BCUT2D eigenvalue weighted by Crippen LogP contribution is 2.38. The van der Waals surface area contributed by atoms with Crippen molar-refractivity contribution < 1.29 is 4.74 Å². The molecule has 0 aromatic carbocycles. The van der Waals surface area contributed by atoms with Gasteiger partial charge in [0, 0.05) is 12.6 Å².